The van der Waals surface area contributed by atoms with E-state index in [0.717, 1.165) is 48.5 Å². The molecule has 7 nitrogen and oxygen atoms in total. The predicted molar refractivity (Wildman–Crippen MR) is 159 cm³/mol. The lowest BCUT2D eigenvalue weighted by molar-refractivity contribution is 0.261. The molecule has 0 spiro atoms. The van der Waals surface area contributed by atoms with Crippen LogP contribution in [-0.2, 0) is 5.41 Å². The number of halogens is 1. The van der Waals surface area contributed by atoms with Crippen molar-refractivity contribution in [2.45, 2.75) is 69.6 Å². The molecule has 1 saturated carbocycles. The largest absolute Gasteiger partial charge is 0.493 e. The summed E-state index contributed by atoms with van der Waals surface area (Å²) in [5.41, 5.74) is 8.05. The molecule has 5 rings (SSSR count). The molecule has 0 radical (unpaired) electrons. The molecule has 0 bridgehead atoms. The number of methoxy groups -OCH3 is 2. The number of hydrogen-bond acceptors (Lipinski definition) is 6. The van der Waals surface area contributed by atoms with Gasteiger partial charge in [-0.2, -0.15) is 5.10 Å². The number of amides is 1. The van der Waals surface area contributed by atoms with Crippen molar-refractivity contribution in [2.24, 2.45) is 10.1 Å². The number of benzene rings is 2. The first-order chi connectivity index (χ1) is 17.8. The van der Waals surface area contributed by atoms with Gasteiger partial charge >= 0.3 is 0 Å². The van der Waals surface area contributed by atoms with Crippen molar-refractivity contribution >= 4 is 46.6 Å². The zero-order chi connectivity index (χ0) is 26.2. The molecule has 2 aromatic carbocycles. The standard InChI is InChI=1S/C29H36N4O3S.ClH/c1-18-26(31-32-28(34)37-18)19-10-12-23-22(16-19)29(2,3)14-15-33(23)27(30-21-8-6-7-9-21)20-11-13-24(35-4)25(17-20)36-5;/h10-13,16-18,21H,6-9,14-15H2,1-5H3,(H,32,34);1H. The van der Waals surface area contributed by atoms with Gasteiger partial charge in [-0.05, 0) is 73.1 Å². The van der Waals surface area contributed by atoms with E-state index in [0.29, 0.717) is 17.5 Å². The second-order valence-electron chi connectivity index (χ2n) is 10.6. The van der Waals surface area contributed by atoms with Crippen molar-refractivity contribution in [1.82, 2.24) is 5.43 Å². The number of thioether (sulfide) groups is 1. The predicted octanol–water partition coefficient (Wildman–Crippen LogP) is 6.55. The second kappa shape index (κ2) is 11.6. The van der Waals surface area contributed by atoms with Crippen LogP contribution >= 0.6 is 24.2 Å². The van der Waals surface area contributed by atoms with Crippen LogP contribution in [0.25, 0.3) is 0 Å². The van der Waals surface area contributed by atoms with Gasteiger partial charge in [0.25, 0.3) is 5.24 Å². The summed E-state index contributed by atoms with van der Waals surface area (Å²) in [6.07, 6.45) is 5.71. The number of carbonyl (C=O) groups is 1. The van der Waals surface area contributed by atoms with E-state index in [1.54, 1.807) is 14.2 Å². The highest BCUT2D eigenvalue weighted by Crippen LogP contribution is 2.42. The number of nitrogens with one attached hydrogen (secondary N) is 1. The summed E-state index contributed by atoms with van der Waals surface area (Å²) < 4.78 is 11.1. The Bertz CT molecular complexity index is 1260. The van der Waals surface area contributed by atoms with Crippen molar-refractivity contribution < 1.29 is 14.3 Å². The van der Waals surface area contributed by atoms with E-state index in [2.05, 4.69) is 53.5 Å². The van der Waals surface area contributed by atoms with Crippen LogP contribution in [0.4, 0.5) is 10.5 Å². The highest BCUT2D eigenvalue weighted by atomic mass is 35.5. The molecule has 1 unspecified atom stereocenters. The smallest absolute Gasteiger partial charge is 0.299 e. The fourth-order valence-electron chi connectivity index (χ4n) is 5.56. The van der Waals surface area contributed by atoms with Crippen LogP contribution in [0.1, 0.15) is 69.6 Å². The first-order valence-electron chi connectivity index (χ1n) is 13.1. The molecule has 2 heterocycles. The van der Waals surface area contributed by atoms with Crippen molar-refractivity contribution in [3.63, 3.8) is 0 Å². The Morgan fingerprint density at radius 2 is 1.84 bits per heavy atom. The zero-order valence-corrected chi connectivity index (χ0v) is 24.4. The summed E-state index contributed by atoms with van der Waals surface area (Å²) in [5.74, 6) is 2.41. The van der Waals surface area contributed by atoms with E-state index in [4.69, 9.17) is 14.5 Å². The van der Waals surface area contributed by atoms with Crippen LogP contribution in [0, 0.1) is 0 Å². The minimum atomic E-state index is -0.108. The number of aliphatic imine (C=N–C) groups is 1. The number of hydrazone groups is 1. The van der Waals surface area contributed by atoms with Gasteiger partial charge in [-0.25, -0.2) is 5.43 Å². The first kappa shape index (κ1) is 28.3. The molecule has 1 aliphatic carbocycles. The maximum absolute atomic E-state index is 11.8. The quantitative estimate of drug-likeness (QED) is 0.334. The Kier molecular flexibility index (Phi) is 8.62. The minimum Gasteiger partial charge on any atom is -0.493 e. The molecule has 0 aromatic heterocycles. The molecular weight excluding hydrogens is 520 g/mol. The van der Waals surface area contributed by atoms with Gasteiger partial charge in [-0.1, -0.05) is 44.5 Å². The zero-order valence-electron chi connectivity index (χ0n) is 22.7. The van der Waals surface area contributed by atoms with Crippen molar-refractivity contribution in [3.05, 3.63) is 53.1 Å². The summed E-state index contributed by atoms with van der Waals surface area (Å²) in [7, 11) is 3.33. The molecule has 2 aromatic rings. The van der Waals surface area contributed by atoms with Crippen LogP contribution in [0.15, 0.2) is 46.5 Å². The third-order valence-electron chi connectivity index (χ3n) is 7.74. The van der Waals surface area contributed by atoms with Crippen molar-refractivity contribution in [2.75, 3.05) is 25.7 Å². The molecule has 204 valence electrons. The number of rotatable bonds is 5. The lowest BCUT2D eigenvalue weighted by atomic mass is 9.76. The maximum atomic E-state index is 11.8. The molecule has 38 heavy (non-hydrogen) atoms. The Labute approximate surface area is 235 Å². The fraction of sp³-hybridized carbons (Fsp3) is 0.483. The normalized spacial score (nSPS) is 21.2. The molecule has 2 aliphatic heterocycles. The SMILES string of the molecule is COc1ccc(C(=NC2CCCC2)N2CCC(C)(C)c3cc(C4=NNC(=O)SC4C)ccc32)cc1OC.Cl. The van der Waals surface area contributed by atoms with Crippen LogP contribution in [-0.4, -0.2) is 48.8 Å². The Balaban J connectivity index is 0.00000336. The Hall–Kier alpha value is -2.71. The van der Waals surface area contributed by atoms with Gasteiger partial charge in [-0.3, -0.25) is 9.79 Å². The summed E-state index contributed by atoms with van der Waals surface area (Å²) in [6.45, 7) is 7.52. The number of carbonyl (C=O) groups excluding carboxylic acids is 1. The van der Waals surface area contributed by atoms with Crippen molar-refractivity contribution in [3.8, 4) is 11.5 Å². The van der Waals surface area contributed by atoms with E-state index in [1.165, 1.54) is 35.9 Å². The Morgan fingerprint density at radius 1 is 1.11 bits per heavy atom. The second-order valence-corrected chi connectivity index (χ2v) is 11.9. The number of hydrogen-bond donors (Lipinski definition) is 1. The van der Waals surface area contributed by atoms with E-state index >= 15 is 0 Å². The number of anilines is 1. The number of amidine groups is 1. The van der Waals surface area contributed by atoms with E-state index in [1.807, 2.05) is 19.1 Å². The maximum Gasteiger partial charge on any atom is 0.299 e. The molecule has 1 atom stereocenters. The minimum absolute atomic E-state index is 0. The van der Waals surface area contributed by atoms with Crippen LogP contribution in [0.5, 0.6) is 11.5 Å². The first-order valence-corrected chi connectivity index (χ1v) is 14.0. The fourth-order valence-corrected chi connectivity index (χ4v) is 6.28. The third kappa shape index (κ3) is 5.52. The number of ether oxygens (including phenoxy) is 2. The molecule has 0 saturated heterocycles. The molecule has 1 fully saturated rings. The monoisotopic (exact) mass is 556 g/mol. The summed E-state index contributed by atoms with van der Waals surface area (Å²) in [4.78, 5) is 19.5. The van der Waals surface area contributed by atoms with E-state index < -0.39 is 0 Å². The van der Waals surface area contributed by atoms with Gasteiger partial charge in [0.15, 0.2) is 11.5 Å². The van der Waals surface area contributed by atoms with E-state index in [-0.39, 0.29) is 28.3 Å². The van der Waals surface area contributed by atoms with Crippen LogP contribution < -0.4 is 19.8 Å². The van der Waals surface area contributed by atoms with Crippen LogP contribution in [0.3, 0.4) is 0 Å². The number of fused-ring (bicyclic) bond motifs is 1. The third-order valence-corrected chi connectivity index (χ3v) is 8.62. The highest BCUT2D eigenvalue weighted by Gasteiger charge is 2.35. The van der Waals surface area contributed by atoms with Gasteiger partial charge in [0.1, 0.15) is 5.84 Å². The van der Waals surface area contributed by atoms with E-state index in [9.17, 15) is 4.79 Å². The lowest BCUT2D eigenvalue weighted by Crippen LogP contribution is -2.42. The summed E-state index contributed by atoms with van der Waals surface area (Å²) in [6, 6.07) is 13.0. The topological polar surface area (TPSA) is 75.5 Å². The van der Waals surface area contributed by atoms with Gasteiger partial charge < -0.3 is 14.4 Å². The summed E-state index contributed by atoms with van der Waals surface area (Å²) >= 11 is 1.28. The number of nitrogens with zero attached hydrogens (tertiary/aromatic N) is 3. The van der Waals surface area contributed by atoms with Crippen molar-refractivity contribution in [1.29, 1.82) is 0 Å². The average molecular weight is 557 g/mol. The van der Waals surface area contributed by atoms with Gasteiger partial charge in [0.2, 0.25) is 0 Å². The molecule has 1 amide bonds. The van der Waals surface area contributed by atoms with Gasteiger partial charge in [0.05, 0.1) is 31.2 Å². The van der Waals surface area contributed by atoms with Gasteiger partial charge in [0, 0.05) is 17.8 Å². The Morgan fingerprint density at radius 3 is 2.53 bits per heavy atom. The highest BCUT2D eigenvalue weighted by molar-refractivity contribution is 8.14. The molecular formula is C29H37ClN4O3S. The molecule has 9 heteroatoms. The van der Waals surface area contributed by atoms with Gasteiger partial charge in [-0.15, -0.1) is 12.4 Å². The van der Waals surface area contributed by atoms with Crippen LogP contribution in [0.2, 0.25) is 0 Å². The summed E-state index contributed by atoms with van der Waals surface area (Å²) in [5, 5.41) is 4.29. The lowest BCUT2D eigenvalue weighted by Gasteiger charge is -2.41. The molecule has 1 N–H and O–H groups in total. The average Bonchev–Trinajstić information content (AvgIpc) is 3.41. The molecule has 3 aliphatic rings.